The molecule has 0 aliphatic carbocycles. The van der Waals surface area contributed by atoms with Crippen molar-refractivity contribution in [3.8, 4) is 0 Å². The summed E-state index contributed by atoms with van der Waals surface area (Å²) in [5.41, 5.74) is 0.617. The lowest BCUT2D eigenvalue weighted by Crippen LogP contribution is -2.27. The van der Waals surface area contributed by atoms with Gasteiger partial charge in [0.15, 0.2) is 5.69 Å². The van der Waals surface area contributed by atoms with Gasteiger partial charge in [-0.3, -0.25) is 0 Å². The minimum atomic E-state index is -2.72. The molecule has 1 fully saturated rings. The van der Waals surface area contributed by atoms with Gasteiger partial charge in [0.2, 0.25) is 5.95 Å². The second kappa shape index (κ2) is 4.47. The van der Waals surface area contributed by atoms with Crippen molar-refractivity contribution in [2.75, 3.05) is 25.1 Å². The van der Waals surface area contributed by atoms with Crippen molar-refractivity contribution < 1.29 is 18.3 Å². The summed E-state index contributed by atoms with van der Waals surface area (Å²) >= 11 is 0. The number of aromatic nitrogens is 2. The zero-order valence-corrected chi connectivity index (χ0v) is 10.1. The first-order valence-corrected chi connectivity index (χ1v) is 5.48. The van der Waals surface area contributed by atoms with E-state index in [1.165, 1.54) is 18.1 Å². The molecule has 2 rings (SSSR count). The summed E-state index contributed by atoms with van der Waals surface area (Å²) in [6.45, 7) is 1.43. The molecule has 7 heteroatoms. The Labute approximate surface area is 103 Å². The van der Waals surface area contributed by atoms with E-state index in [2.05, 4.69) is 14.7 Å². The number of esters is 1. The lowest BCUT2D eigenvalue weighted by Gasteiger charge is -2.16. The molecule has 5 nitrogen and oxygen atoms in total. The van der Waals surface area contributed by atoms with E-state index >= 15 is 0 Å². The summed E-state index contributed by atoms with van der Waals surface area (Å²) in [5, 5.41) is 0. The van der Waals surface area contributed by atoms with Crippen LogP contribution in [0.5, 0.6) is 0 Å². The summed E-state index contributed by atoms with van der Waals surface area (Å²) in [4.78, 5) is 20.8. The molecule has 0 atom stereocenters. The summed E-state index contributed by atoms with van der Waals surface area (Å²) in [6, 6.07) is 1.46. The van der Waals surface area contributed by atoms with Crippen LogP contribution in [0, 0.1) is 6.92 Å². The van der Waals surface area contributed by atoms with Crippen molar-refractivity contribution in [2.45, 2.75) is 19.3 Å². The molecular weight excluding hydrogens is 244 g/mol. The van der Waals surface area contributed by atoms with E-state index in [1.54, 1.807) is 6.92 Å². The number of ether oxygens (including phenoxy) is 1. The molecule has 0 amide bonds. The van der Waals surface area contributed by atoms with Crippen molar-refractivity contribution in [1.82, 2.24) is 9.97 Å². The summed E-state index contributed by atoms with van der Waals surface area (Å²) in [7, 11) is 1.24. The first-order chi connectivity index (χ1) is 8.41. The van der Waals surface area contributed by atoms with Crippen LogP contribution in [-0.2, 0) is 4.74 Å². The van der Waals surface area contributed by atoms with Crippen molar-refractivity contribution in [3.05, 3.63) is 17.5 Å². The average Bonchev–Trinajstić information content (AvgIpc) is 2.68. The van der Waals surface area contributed by atoms with E-state index in [9.17, 15) is 13.6 Å². The van der Waals surface area contributed by atoms with Gasteiger partial charge < -0.3 is 9.64 Å². The number of hydrogen-bond donors (Lipinski definition) is 0. The predicted octanol–water partition coefficient (Wildman–Crippen LogP) is 1.42. The molecule has 98 valence electrons. The van der Waals surface area contributed by atoms with Gasteiger partial charge in [0.25, 0.3) is 5.92 Å². The predicted molar refractivity (Wildman–Crippen MR) is 59.9 cm³/mol. The van der Waals surface area contributed by atoms with Crippen molar-refractivity contribution in [1.29, 1.82) is 0 Å². The maximum atomic E-state index is 13.1. The fourth-order valence-electron chi connectivity index (χ4n) is 1.81. The maximum Gasteiger partial charge on any atom is 0.356 e. The number of aryl methyl sites for hydroxylation is 1. The molecule has 2 heterocycles. The van der Waals surface area contributed by atoms with Crippen LogP contribution in [0.3, 0.4) is 0 Å². The first-order valence-electron chi connectivity index (χ1n) is 5.48. The molecule has 18 heavy (non-hydrogen) atoms. The molecule has 1 aliphatic rings. The third-order valence-corrected chi connectivity index (χ3v) is 2.69. The van der Waals surface area contributed by atoms with Crippen molar-refractivity contribution in [3.63, 3.8) is 0 Å². The monoisotopic (exact) mass is 257 g/mol. The fourth-order valence-corrected chi connectivity index (χ4v) is 1.81. The van der Waals surface area contributed by atoms with Crippen LogP contribution in [0.4, 0.5) is 14.7 Å². The molecule has 1 aliphatic heterocycles. The van der Waals surface area contributed by atoms with Gasteiger partial charge in [-0.25, -0.2) is 23.5 Å². The lowest BCUT2D eigenvalue weighted by atomic mass is 10.3. The molecular formula is C11H13F2N3O2. The number of carbonyl (C=O) groups is 1. The Bertz CT molecular complexity index is 479. The Morgan fingerprint density at radius 3 is 2.78 bits per heavy atom. The molecule has 0 radical (unpaired) electrons. The smallest absolute Gasteiger partial charge is 0.356 e. The quantitative estimate of drug-likeness (QED) is 0.750. The van der Waals surface area contributed by atoms with Gasteiger partial charge in [-0.2, -0.15) is 0 Å². The van der Waals surface area contributed by atoms with Crippen LogP contribution in [-0.4, -0.2) is 42.1 Å². The van der Waals surface area contributed by atoms with Crippen LogP contribution in [0.2, 0.25) is 0 Å². The van der Waals surface area contributed by atoms with Gasteiger partial charge in [0.1, 0.15) is 0 Å². The molecule has 1 aromatic rings. The van der Waals surface area contributed by atoms with E-state index in [1.807, 2.05) is 0 Å². The zero-order chi connectivity index (χ0) is 13.3. The Hall–Kier alpha value is -1.79. The minimum absolute atomic E-state index is 0.0789. The lowest BCUT2D eigenvalue weighted by molar-refractivity contribution is 0.0256. The molecule has 0 saturated carbocycles. The van der Waals surface area contributed by atoms with E-state index in [0.29, 0.717) is 5.69 Å². The van der Waals surface area contributed by atoms with Crippen molar-refractivity contribution in [2.24, 2.45) is 0 Å². The number of halogens is 2. The van der Waals surface area contributed by atoms with Crippen LogP contribution in [0.15, 0.2) is 6.07 Å². The van der Waals surface area contributed by atoms with E-state index in [-0.39, 0.29) is 24.6 Å². The number of carbonyl (C=O) groups excluding carboxylic acids is 1. The first kappa shape index (κ1) is 12.7. The van der Waals surface area contributed by atoms with Gasteiger partial charge in [0.05, 0.1) is 13.7 Å². The number of nitrogens with zero attached hydrogens (tertiary/aromatic N) is 3. The summed E-state index contributed by atoms with van der Waals surface area (Å²) in [6.07, 6.45) is -0.224. The van der Waals surface area contributed by atoms with Gasteiger partial charge in [-0.05, 0) is 13.0 Å². The van der Waals surface area contributed by atoms with E-state index < -0.39 is 18.4 Å². The third kappa shape index (κ3) is 2.55. The highest BCUT2D eigenvalue weighted by Crippen LogP contribution is 2.29. The second-order valence-electron chi connectivity index (χ2n) is 4.21. The number of alkyl halides is 2. The Balaban J connectivity index is 2.29. The summed E-state index contributed by atoms with van der Waals surface area (Å²) < 4.78 is 30.8. The van der Waals surface area contributed by atoms with E-state index in [4.69, 9.17) is 0 Å². The summed E-state index contributed by atoms with van der Waals surface area (Å²) in [5.74, 6) is -3.18. The number of hydrogen-bond acceptors (Lipinski definition) is 5. The van der Waals surface area contributed by atoms with Crippen LogP contribution in [0.25, 0.3) is 0 Å². The standard InChI is InChI=1S/C11H13F2N3O2/c1-7-5-8(9(17)18-2)15-10(14-7)16-4-3-11(12,13)6-16/h5H,3-4,6H2,1-2H3. The highest BCUT2D eigenvalue weighted by Gasteiger charge is 2.39. The largest absolute Gasteiger partial charge is 0.464 e. The molecule has 1 saturated heterocycles. The fraction of sp³-hybridized carbons (Fsp3) is 0.545. The zero-order valence-electron chi connectivity index (χ0n) is 10.1. The number of methoxy groups -OCH3 is 1. The average molecular weight is 257 g/mol. The van der Waals surface area contributed by atoms with Crippen LogP contribution in [0.1, 0.15) is 22.6 Å². The molecule has 0 bridgehead atoms. The van der Waals surface area contributed by atoms with Gasteiger partial charge in [0, 0.05) is 18.7 Å². The Morgan fingerprint density at radius 2 is 2.22 bits per heavy atom. The molecule has 0 aromatic carbocycles. The molecule has 1 aromatic heterocycles. The minimum Gasteiger partial charge on any atom is -0.464 e. The molecule has 0 unspecified atom stereocenters. The molecule has 0 N–H and O–H groups in total. The Morgan fingerprint density at radius 1 is 1.50 bits per heavy atom. The van der Waals surface area contributed by atoms with E-state index in [0.717, 1.165) is 0 Å². The van der Waals surface area contributed by atoms with Gasteiger partial charge in [-0.15, -0.1) is 0 Å². The normalized spacial score (nSPS) is 17.9. The molecule has 0 spiro atoms. The van der Waals surface area contributed by atoms with Gasteiger partial charge >= 0.3 is 5.97 Å². The van der Waals surface area contributed by atoms with Crippen LogP contribution < -0.4 is 4.90 Å². The van der Waals surface area contributed by atoms with Crippen LogP contribution >= 0.6 is 0 Å². The van der Waals surface area contributed by atoms with Crippen molar-refractivity contribution >= 4 is 11.9 Å². The number of anilines is 1. The topological polar surface area (TPSA) is 55.3 Å². The highest BCUT2D eigenvalue weighted by atomic mass is 19.3. The second-order valence-corrected chi connectivity index (χ2v) is 4.21. The number of rotatable bonds is 2. The maximum absolute atomic E-state index is 13.1. The van der Waals surface area contributed by atoms with Gasteiger partial charge in [-0.1, -0.05) is 0 Å². The third-order valence-electron chi connectivity index (χ3n) is 2.69. The Kier molecular flexibility index (Phi) is 3.14. The highest BCUT2D eigenvalue weighted by molar-refractivity contribution is 5.87. The SMILES string of the molecule is COC(=O)c1cc(C)nc(N2CCC(F)(F)C2)n1.